The van der Waals surface area contributed by atoms with Crippen LogP contribution in [0.15, 0.2) is 29.2 Å². The molecule has 0 aliphatic carbocycles. The van der Waals surface area contributed by atoms with Crippen molar-refractivity contribution in [3.63, 3.8) is 0 Å². The van der Waals surface area contributed by atoms with Gasteiger partial charge < -0.3 is 5.73 Å². The van der Waals surface area contributed by atoms with Crippen molar-refractivity contribution in [2.75, 3.05) is 20.1 Å². The smallest absolute Gasteiger partial charge is 0.231 e. The third kappa shape index (κ3) is 6.07. The zero-order chi connectivity index (χ0) is 13.5. The predicted molar refractivity (Wildman–Crippen MR) is 77.8 cm³/mol. The van der Waals surface area contributed by atoms with Gasteiger partial charge in [-0.1, -0.05) is 26.0 Å². The van der Waals surface area contributed by atoms with Gasteiger partial charge in [-0.05, 0) is 31.2 Å². The Morgan fingerprint density at radius 2 is 1.94 bits per heavy atom. The number of amides is 1. The van der Waals surface area contributed by atoms with Gasteiger partial charge in [-0.15, -0.1) is 11.8 Å². The summed E-state index contributed by atoms with van der Waals surface area (Å²) in [5.74, 6) is -0.277. The van der Waals surface area contributed by atoms with Crippen LogP contribution in [-0.4, -0.2) is 36.2 Å². The topological polar surface area (TPSA) is 46.3 Å². The number of nitrogens with two attached hydrogens (primary N) is 1. The monoisotopic (exact) mass is 266 g/mol. The first-order valence-corrected chi connectivity index (χ1v) is 7.08. The number of nitrogens with zero attached hydrogens (tertiary/aromatic N) is 1. The maximum absolute atomic E-state index is 10.7. The Kier molecular flexibility index (Phi) is 6.22. The molecule has 0 heterocycles. The first-order chi connectivity index (χ1) is 8.47. The summed E-state index contributed by atoms with van der Waals surface area (Å²) < 4.78 is 0. The van der Waals surface area contributed by atoms with Crippen LogP contribution < -0.4 is 5.73 Å². The quantitative estimate of drug-likeness (QED) is 0.769. The van der Waals surface area contributed by atoms with Crippen LogP contribution in [0.2, 0.25) is 0 Å². The average molecular weight is 266 g/mol. The van der Waals surface area contributed by atoms with Crippen molar-refractivity contribution in [2.45, 2.75) is 30.4 Å². The molecular weight excluding hydrogens is 244 g/mol. The summed E-state index contributed by atoms with van der Waals surface area (Å²) in [5.41, 5.74) is 6.44. The number of carbonyl (C=O) groups excluding carboxylic acids is 1. The molecule has 0 unspecified atom stereocenters. The average Bonchev–Trinajstić information content (AvgIpc) is 2.26. The lowest BCUT2D eigenvalue weighted by molar-refractivity contribution is -0.118. The van der Waals surface area contributed by atoms with Crippen molar-refractivity contribution in [2.24, 2.45) is 5.73 Å². The molecule has 3 nitrogen and oxygen atoms in total. The minimum absolute atomic E-state index is 0.277. The first kappa shape index (κ1) is 15.1. The third-order valence-corrected chi connectivity index (χ3v) is 3.52. The Morgan fingerprint density at radius 1 is 1.33 bits per heavy atom. The summed E-state index contributed by atoms with van der Waals surface area (Å²) in [4.78, 5) is 14.0. The Bertz CT molecular complexity index is 376. The lowest BCUT2D eigenvalue weighted by Gasteiger charge is -2.14. The van der Waals surface area contributed by atoms with Gasteiger partial charge in [0.2, 0.25) is 5.91 Å². The van der Waals surface area contributed by atoms with Crippen molar-refractivity contribution >= 4 is 17.7 Å². The minimum Gasteiger partial charge on any atom is -0.369 e. The van der Waals surface area contributed by atoms with Crippen LogP contribution in [-0.2, 0) is 11.2 Å². The lowest BCUT2D eigenvalue weighted by atomic mass is 10.1. The third-order valence-electron chi connectivity index (χ3n) is 2.50. The van der Waals surface area contributed by atoms with Gasteiger partial charge in [0.25, 0.3) is 0 Å². The van der Waals surface area contributed by atoms with Crippen molar-refractivity contribution < 1.29 is 4.79 Å². The van der Waals surface area contributed by atoms with Crippen LogP contribution in [0.5, 0.6) is 0 Å². The van der Waals surface area contributed by atoms with Gasteiger partial charge in [0.05, 0.1) is 6.54 Å². The van der Waals surface area contributed by atoms with Gasteiger partial charge in [0, 0.05) is 16.7 Å². The number of hydrogen-bond donors (Lipinski definition) is 1. The number of thioether (sulfide) groups is 1. The molecule has 0 saturated heterocycles. The summed E-state index contributed by atoms with van der Waals surface area (Å²) in [6.07, 6.45) is 0.941. The number of primary amides is 1. The molecule has 1 aromatic rings. The van der Waals surface area contributed by atoms with E-state index < -0.39 is 0 Å². The van der Waals surface area contributed by atoms with E-state index in [4.69, 9.17) is 5.73 Å². The summed E-state index contributed by atoms with van der Waals surface area (Å²) in [6.45, 7) is 5.55. The molecule has 0 atom stereocenters. The standard InChI is InChI=1S/C14H22N2OS/c1-11(2)18-13-6-4-12(5-7-13)8-9-16(3)10-14(15)17/h4-7,11H,8-10H2,1-3H3,(H2,15,17). The van der Waals surface area contributed by atoms with Gasteiger partial charge in [0.15, 0.2) is 0 Å². The molecule has 18 heavy (non-hydrogen) atoms. The van der Waals surface area contributed by atoms with E-state index in [0.717, 1.165) is 13.0 Å². The van der Waals surface area contributed by atoms with Crippen molar-refractivity contribution in [1.29, 1.82) is 0 Å². The van der Waals surface area contributed by atoms with Gasteiger partial charge in [-0.3, -0.25) is 9.69 Å². The van der Waals surface area contributed by atoms with Crippen molar-refractivity contribution in [3.05, 3.63) is 29.8 Å². The fraction of sp³-hybridized carbons (Fsp3) is 0.500. The molecule has 1 amide bonds. The molecule has 0 aliphatic rings. The van der Waals surface area contributed by atoms with Crippen LogP contribution in [0.4, 0.5) is 0 Å². The number of rotatable bonds is 7. The van der Waals surface area contributed by atoms with Crippen LogP contribution in [0, 0.1) is 0 Å². The number of hydrogen-bond acceptors (Lipinski definition) is 3. The molecule has 0 bridgehead atoms. The van der Waals surface area contributed by atoms with Crippen LogP contribution in [0.1, 0.15) is 19.4 Å². The highest BCUT2D eigenvalue weighted by Gasteiger charge is 2.03. The summed E-state index contributed by atoms with van der Waals surface area (Å²) in [7, 11) is 1.91. The van der Waals surface area contributed by atoms with E-state index >= 15 is 0 Å². The largest absolute Gasteiger partial charge is 0.369 e. The SMILES string of the molecule is CC(C)Sc1ccc(CCN(C)CC(N)=O)cc1. The molecule has 0 radical (unpaired) electrons. The second-order valence-corrected chi connectivity index (χ2v) is 6.41. The lowest BCUT2D eigenvalue weighted by Crippen LogP contribution is -2.32. The molecular formula is C14H22N2OS. The molecule has 100 valence electrons. The Morgan fingerprint density at radius 3 is 2.44 bits per heavy atom. The van der Waals surface area contributed by atoms with Gasteiger partial charge in [-0.25, -0.2) is 0 Å². The van der Waals surface area contributed by atoms with Crippen LogP contribution in [0.25, 0.3) is 0 Å². The van der Waals surface area contributed by atoms with E-state index in [0.29, 0.717) is 11.8 Å². The Labute approximate surface area is 114 Å². The fourth-order valence-electron chi connectivity index (χ4n) is 1.67. The predicted octanol–water partition coefficient (Wildman–Crippen LogP) is 2.15. The molecule has 1 aromatic carbocycles. The zero-order valence-corrected chi connectivity index (χ0v) is 12.2. The second kappa shape index (κ2) is 7.44. The first-order valence-electron chi connectivity index (χ1n) is 6.20. The highest BCUT2D eigenvalue weighted by molar-refractivity contribution is 7.99. The van der Waals surface area contributed by atoms with Crippen molar-refractivity contribution in [3.8, 4) is 0 Å². The molecule has 1 rings (SSSR count). The van der Waals surface area contributed by atoms with E-state index in [1.54, 1.807) is 0 Å². The van der Waals surface area contributed by atoms with Crippen molar-refractivity contribution in [1.82, 2.24) is 4.90 Å². The molecule has 0 saturated carbocycles. The van der Waals surface area contributed by atoms with E-state index in [-0.39, 0.29) is 5.91 Å². The van der Waals surface area contributed by atoms with E-state index in [1.165, 1.54) is 10.5 Å². The number of benzene rings is 1. The highest BCUT2D eigenvalue weighted by Crippen LogP contribution is 2.22. The number of likely N-dealkylation sites (N-methyl/N-ethyl adjacent to an activating group) is 1. The van der Waals surface area contributed by atoms with Crippen LogP contribution in [0.3, 0.4) is 0 Å². The van der Waals surface area contributed by atoms with Crippen LogP contribution >= 0.6 is 11.8 Å². The maximum atomic E-state index is 10.7. The molecule has 0 aromatic heterocycles. The summed E-state index contributed by atoms with van der Waals surface area (Å²) in [5, 5.41) is 0.609. The summed E-state index contributed by atoms with van der Waals surface area (Å²) >= 11 is 1.87. The van der Waals surface area contributed by atoms with E-state index in [1.807, 2.05) is 23.7 Å². The normalized spacial score (nSPS) is 11.2. The molecule has 0 fully saturated rings. The van der Waals surface area contributed by atoms with E-state index in [9.17, 15) is 4.79 Å². The Hall–Kier alpha value is -1.00. The minimum atomic E-state index is -0.277. The molecule has 0 aliphatic heterocycles. The van der Waals surface area contributed by atoms with E-state index in [2.05, 4.69) is 38.1 Å². The molecule has 0 spiro atoms. The van der Waals surface area contributed by atoms with Gasteiger partial charge in [-0.2, -0.15) is 0 Å². The zero-order valence-electron chi connectivity index (χ0n) is 11.3. The molecule has 4 heteroatoms. The maximum Gasteiger partial charge on any atom is 0.231 e. The molecule has 2 N–H and O–H groups in total. The number of carbonyl (C=O) groups is 1. The van der Waals surface area contributed by atoms with Gasteiger partial charge >= 0.3 is 0 Å². The highest BCUT2D eigenvalue weighted by atomic mass is 32.2. The fourth-order valence-corrected chi connectivity index (χ4v) is 2.51. The Balaban J connectivity index is 2.41. The van der Waals surface area contributed by atoms with Gasteiger partial charge in [0.1, 0.15) is 0 Å². The second-order valence-electron chi connectivity index (χ2n) is 4.76. The summed E-state index contributed by atoms with van der Waals surface area (Å²) in [6, 6.07) is 8.63.